The molecule has 1 saturated heterocycles. The number of anilines is 1. The first-order valence-corrected chi connectivity index (χ1v) is 8.56. The molecule has 4 heteroatoms. The second kappa shape index (κ2) is 7.18. The van der Waals surface area contributed by atoms with Crippen molar-refractivity contribution >= 4 is 5.69 Å². The Kier molecular flexibility index (Phi) is 5.01. The molecule has 0 aliphatic carbocycles. The van der Waals surface area contributed by atoms with Gasteiger partial charge in [-0.15, -0.1) is 0 Å². The zero-order valence-corrected chi connectivity index (χ0v) is 14.4. The van der Waals surface area contributed by atoms with Crippen LogP contribution in [0.1, 0.15) is 37.6 Å². The molecule has 0 radical (unpaired) electrons. The van der Waals surface area contributed by atoms with Crippen LogP contribution in [-0.2, 0) is 6.54 Å². The zero-order chi connectivity index (χ0) is 16.2. The van der Waals surface area contributed by atoms with Gasteiger partial charge in [0.15, 0.2) is 5.76 Å². The van der Waals surface area contributed by atoms with Crippen LogP contribution in [0, 0.1) is 5.92 Å². The third kappa shape index (κ3) is 4.14. The van der Waals surface area contributed by atoms with E-state index < -0.39 is 0 Å². The Morgan fingerprint density at radius 2 is 2.09 bits per heavy atom. The lowest BCUT2D eigenvalue weighted by Crippen LogP contribution is -2.27. The fraction of sp³-hybridized carbons (Fsp3) is 0.526. The Hall–Kier alpha value is -1.81. The van der Waals surface area contributed by atoms with E-state index in [4.69, 9.17) is 4.52 Å². The van der Waals surface area contributed by atoms with Gasteiger partial charge < -0.3 is 9.42 Å². The summed E-state index contributed by atoms with van der Waals surface area (Å²) in [6.07, 6.45) is 1.26. The first kappa shape index (κ1) is 16.1. The number of nitrogens with zero attached hydrogens (tertiary/aromatic N) is 3. The summed E-state index contributed by atoms with van der Waals surface area (Å²) in [5.41, 5.74) is 2.39. The topological polar surface area (TPSA) is 32.5 Å². The molecule has 1 atom stereocenters. The smallest absolute Gasteiger partial charge is 0.150 e. The summed E-state index contributed by atoms with van der Waals surface area (Å²) >= 11 is 0. The molecule has 1 unspecified atom stereocenters. The quantitative estimate of drug-likeness (QED) is 0.813. The van der Waals surface area contributed by atoms with Crippen LogP contribution in [0.15, 0.2) is 40.9 Å². The molecule has 2 heterocycles. The normalized spacial score (nSPS) is 18.3. The molecule has 0 bridgehead atoms. The second-order valence-corrected chi connectivity index (χ2v) is 7.01. The van der Waals surface area contributed by atoms with E-state index in [0.717, 1.165) is 37.6 Å². The second-order valence-electron chi connectivity index (χ2n) is 7.01. The monoisotopic (exact) mass is 313 g/mol. The van der Waals surface area contributed by atoms with Crippen LogP contribution in [0.25, 0.3) is 0 Å². The van der Waals surface area contributed by atoms with Gasteiger partial charge in [0.25, 0.3) is 0 Å². The molecule has 1 aliphatic heterocycles. The molecular formula is C19H27N3O. The molecule has 0 N–H and O–H groups in total. The van der Waals surface area contributed by atoms with Crippen molar-refractivity contribution in [1.29, 1.82) is 0 Å². The Morgan fingerprint density at radius 3 is 2.78 bits per heavy atom. The van der Waals surface area contributed by atoms with Crippen LogP contribution in [0.2, 0.25) is 0 Å². The summed E-state index contributed by atoms with van der Waals surface area (Å²) < 4.78 is 5.45. The van der Waals surface area contributed by atoms with Crippen molar-refractivity contribution in [2.75, 3.05) is 31.6 Å². The minimum absolute atomic E-state index is 0.423. The Morgan fingerprint density at radius 1 is 1.30 bits per heavy atom. The lowest BCUT2D eigenvalue weighted by atomic mass is 10.1. The largest absolute Gasteiger partial charge is 0.371 e. The maximum absolute atomic E-state index is 5.45. The zero-order valence-electron chi connectivity index (χ0n) is 14.4. The van der Waals surface area contributed by atoms with Gasteiger partial charge in [-0.1, -0.05) is 37.2 Å². The van der Waals surface area contributed by atoms with Crippen LogP contribution in [0.5, 0.6) is 0 Å². The molecular weight excluding hydrogens is 286 g/mol. The van der Waals surface area contributed by atoms with E-state index in [1.807, 2.05) is 0 Å². The fourth-order valence-electron chi connectivity index (χ4n) is 3.30. The molecule has 23 heavy (non-hydrogen) atoms. The van der Waals surface area contributed by atoms with Crippen LogP contribution in [0.4, 0.5) is 5.69 Å². The molecule has 2 aromatic rings. The Bertz CT molecular complexity index is 608. The first-order chi connectivity index (χ1) is 11.1. The number of hydrogen-bond donors (Lipinski definition) is 0. The molecule has 0 saturated carbocycles. The molecule has 1 fully saturated rings. The first-order valence-electron chi connectivity index (χ1n) is 8.56. The van der Waals surface area contributed by atoms with Crippen LogP contribution in [0.3, 0.4) is 0 Å². The minimum atomic E-state index is 0.423. The molecule has 4 nitrogen and oxygen atoms in total. The summed E-state index contributed by atoms with van der Waals surface area (Å²) in [5, 5.41) is 4.14. The van der Waals surface area contributed by atoms with E-state index in [0.29, 0.717) is 11.8 Å². The summed E-state index contributed by atoms with van der Waals surface area (Å²) in [7, 11) is 2.17. The number of aromatic nitrogens is 1. The van der Waals surface area contributed by atoms with Gasteiger partial charge in [-0.2, -0.15) is 0 Å². The highest BCUT2D eigenvalue weighted by atomic mass is 16.5. The van der Waals surface area contributed by atoms with Crippen molar-refractivity contribution in [2.45, 2.75) is 32.7 Å². The number of hydrogen-bond acceptors (Lipinski definition) is 4. The summed E-state index contributed by atoms with van der Waals surface area (Å²) in [6, 6.07) is 12.8. The molecule has 1 aliphatic rings. The van der Waals surface area contributed by atoms with Crippen LogP contribution < -0.4 is 4.90 Å². The van der Waals surface area contributed by atoms with Gasteiger partial charge in [0.2, 0.25) is 0 Å². The van der Waals surface area contributed by atoms with Gasteiger partial charge in [-0.3, -0.25) is 4.90 Å². The molecule has 0 spiro atoms. The predicted molar refractivity (Wildman–Crippen MR) is 93.7 cm³/mol. The molecule has 0 amide bonds. The van der Waals surface area contributed by atoms with E-state index >= 15 is 0 Å². The van der Waals surface area contributed by atoms with E-state index in [1.54, 1.807) is 0 Å². The highest BCUT2D eigenvalue weighted by Gasteiger charge is 2.24. The van der Waals surface area contributed by atoms with Gasteiger partial charge in [-0.25, -0.2) is 0 Å². The van der Waals surface area contributed by atoms with Crippen molar-refractivity contribution in [3.8, 4) is 0 Å². The van der Waals surface area contributed by atoms with Crippen LogP contribution >= 0.6 is 0 Å². The van der Waals surface area contributed by atoms with Gasteiger partial charge in [0.1, 0.15) is 0 Å². The van der Waals surface area contributed by atoms with Crippen molar-refractivity contribution in [3.05, 3.63) is 47.9 Å². The standard InChI is InChI=1S/C19H27N3O/c1-15(2)19-11-18(23-20-19)14-21(3)12-16-9-10-22(13-16)17-7-5-4-6-8-17/h4-8,11,15-16H,9-10,12-14H2,1-3H3. The van der Waals surface area contributed by atoms with Crippen molar-refractivity contribution < 1.29 is 4.52 Å². The lowest BCUT2D eigenvalue weighted by molar-refractivity contribution is 0.243. The lowest BCUT2D eigenvalue weighted by Gasteiger charge is -2.21. The number of rotatable bonds is 6. The van der Waals surface area contributed by atoms with Gasteiger partial charge in [0.05, 0.1) is 12.2 Å². The van der Waals surface area contributed by atoms with E-state index in [1.165, 1.54) is 12.1 Å². The van der Waals surface area contributed by atoms with Gasteiger partial charge >= 0.3 is 0 Å². The van der Waals surface area contributed by atoms with Crippen LogP contribution in [-0.4, -0.2) is 36.7 Å². The predicted octanol–water partition coefficient (Wildman–Crippen LogP) is 3.76. The highest BCUT2D eigenvalue weighted by molar-refractivity contribution is 5.46. The molecule has 1 aromatic carbocycles. The van der Waals surface area contributed by atoms with Crippen molar-refractivity contribution in [2.24, 2.45) is 5.92 Å². The maximum Gasteiger partial charge on any atom is 0.150 e. The minimum Gasteiger partial charge on any atom is -0.371 e. The Labute approximate surface area is 139 Å². The summed E-state index contributed by atoms with van der Waals surface area (Å²) in [6.45, 7) is 8.51. The summed E-state index contributed by atoms with van der Waals surface area (Å²) in [4.78, 5) is 4.84. The SMILES string of the molecule is CC(C)c1cc(CN(C)CC2CCN(c3ccccc3)C2)on1. The third-order valence-electron chi connectivity index (χ3n) is 4.57. The molecule has 124 valence electrons. The van der Waals surface area contributed by atoms with Gasteiger partial charge in [0, 0.05) is 31.4 Å². The number of benzene rings is 1. The average Bonchev–Trinajstić information content (AvgIpc) is 3.18. The maximum atomic E-state index is 5.45. The highest BCUT2D eigenvalue weighted by Crippen LogP contribution is 2.24. The third-order valence-corrected chi connectivity index (χ3v) is 4.57. The molecule has 3 rings (SSSR count). The Balaban J connectivity index is 1.49. The van der Waals surface area contributed by atoms with E-state index in [2.05, 4.69) is 72.2 Å². The summed E-state index contributed by atoms with van der Waals surface area (Å²) in [5.74, 6) is 2.11. The number of para-hydroxylation sites is 1. The van der Waals surface area contributed by atoms with E-state index in [-0.39, 0.29) is 0 Å². The van der Waals surface area contributed by atoms with Crippen molar-refractivity contribution in [1.82, 2.24) is 10.1 Å². The fourth-order valence-corrected chi connectivity index (χ4v) is 3.30. The van der Waals surface area contributed by atoms with E-state index in [9.17, 15) is 0 Å². The molecule has 1 aromatic heterocycles. The van der Waals surface area contributed by atoms with Gasteiger partial charge in [-0.05, 0) is 37.4 Å². The van der Waals surface area contributed by atoms with Crippen molar-refractivity contribution in [3.63, 3.8) is 0 Å². The average molecular weight is 313 g/mol.